The number of rotatable bonds is 5. The molecule has 1 aliphatic rings. The SMILES string of the molecule is O=C(Nc1ccc(-n2cncn2)c(F)c1)C1=NN(Cc2ccc(F)cc2)C(=O)CC1. The molecule has 0 fully saturated rings. The molecule has 0 unspecified atom stereocenters. The Morgan fingerprint density at radius 2 is 1.90 bits per heavy atom. The molecule has 2 aromatic carbocycles. The average Bonchev–Trinajstić information content (AvgIpc) is 3.26. The average molecular weight is 410 g/mol. The van der Waals surface area contributed by atoms with E-state index in [9.17, 15) is 18.4 Å². The monoisotopic (exact) mass is 410 g/mol. The van der Waals surface area contributed by atoms with Gasteiger partial charge >= 0.3 is 0 Å². The summed E-state index contributed by atoms with van der Waals surface area (Å²) < 4.78 is 28.7. The van der Waals surface area contributed by atoms with Crippen LogP contribution in [0.25, 0.3) is 5.69 Å². The second-order valence-electron chi connectivity index (χ2n) is 6.58. The van der Waals surface area contributed by atoms with Gasteiger partial charge in [0.05, 0.1) is 6.54 Å². The molecule has 8 nitrogen and oxygen atoms in total. The molecule has 0 bridgehead atoms. The Morgan fingerprint density at radius 1 is 1.10 bits per heavy atom. The van der Waals surface area contributed by atoms with Crippen molar-refractivity contribution >= 4 is 23.2 Å². The number of anilines is 1. The minimum absolute atomic E-state index is 0.118. The Morgan fingerprint density at radius 3 is 2.60 bits per heavy atom. The van der Waals surface area contributed by atoms with Crippen molar-refractivity contribution in [3.05, 3.63) is 72.3 Å². The number of hydrazone groups is 1. The third-order valence-corrected chi connectivity index (χ3v) is 4.48. The lowest BCUT2D eigenvalue weighted by atomic mass is 10.1. The lowest BCUT2D eigenvalue weighted by molar-refractivity contribution is -0.132. The van der Waals surface area contributed by atoms with Gasteiger partial charge in [0.2, 0.25) is 5.91 Å². The zero-order valence-electron chi connectivity index (χ0n) is 15.6. The number of carbonyl (C=O) groups excluding carboxylic acids is 2. The van der Waals surface area contributed by atoms with Gasteiger partial charge in [-0.25, -0.2) is 23.5 Å². The van der Waals surface area contributed by atoms with Gasteiger partial charge in [-0.2, -0.15) is 10.2 Å². The van der Waals surface area contributed by atoms with Crippen LogP contribution in [0.5, 0.6) is 0 Å². The smallest absolute Gasteiger partial charge is 0.271 e. The summed E-state index contributed by atoms with van der Waals surface area (Å²) in [7, 11) is 0. The van der Waals surface area contributed by atoms with Crippen molar-refractivity contribution in [3.63, 3.8) is 0 Å². The van der Waals surface area contributed by atoms with E-state index in [1.807, 2.05) is 0 Å². The van der Waals surface area contributed by atoms with Crippen molar-refractivity contribution < 1.29 is 18.4 Å². The number of hydrogen-bond acceptors (Lipinski definition) is 5. The number of nitrogens with one attached hydrogen (secondary N) is 1. The summed E-state index contributed by atoms with van der Waals surface area (Å²) in [5.74, 6) is -1.73. The summed E-state index contributed by atoms with van der Waals surface area (Å²) in [6.45, 7) is 0.122. The molecule has 152 valence electrons. The van der Waals surface area contributed by atoms with Crippen LogP contribution in [0.3, 0.4) is 0 Å². The molecule has 0 spiro atoms. The molecule has 2 heterocycles. The second kappa shape index (κ2) is 8.19. The van der Waals surface area contributed by atoms with Crippen LogP contribution in [0.1, 0.15) is 18.4 Å². The van der Waals surface area contributed by atoms with Crippen LogP contribution in [0, 0.1) is 11.6 Å². The van der Waals surface area contributed by atoms with Gasteiger partial charge in [0.1, 0.15) is 29.9 Å². The van der Waals surface area contributed by atoms with Crippen molar-refractivity contribution in [1.29, 1.82) is 0 Å². The zero-order chi connectivity index (χ0) is 21.1. The van der Waals surface area contributed by atoms with Crippen LogP contribution < -0.4 is 5.32 Å². The fourth-order valence-corrected chi connectivity index (χ4v) is 2.96. The molecule has 0 atom stereocenters. The standard InChI is InChI=1S/C20H16F2N6O2/c21-14-3-1-13(2-4-14)10-27-19(29)8-6-17(26-27)20(30)25-15-5-7-18(16(22)9-15)28-12-23-11-24-28/h1-5,7,9,11-12H,6,8,10H2,(H,25,30). The number of halogens is 2. The maximum absolute atomic E-state index is 14.3. The van der Waals surface area contributed by atoms with Gasteiger partial charge in [-0.05, 0) is 35.9 Å². The minimum Gasteiger partial charge on any atom is -0.321 e. The molecule has 30 heavy (non-hydrogen) atoms. The van der Waals surface area contributed by atoms with Crippen molar-refractivity contribution in [2.75, 3.05) is 5.32 Å². The second-order valence-corrected chi connectivity index (χ2v) is 6.58. The van der Waals surface area contributed by atoms with Crippen molar-refractivity contribution in [2.24, 2.45) is 5.10 Å². The third kappa shape index (κ3) is 4.22. The highest BCUT2D eigenvalue weighted by molar-refractivity contribution is 6.43. The van der Waals surface area contributed by atoms with Gasteiger partial charge in [-0.15, -0.1) is 0 Å². The fraction of sp³-hybridized carbons (Fsp3) is 0.150. The lowest BCUT2D eigenvalue weighted by Gasteiger charge is -2.23. The van der Waals surface area contributed by atoms with Gasteiger partial charge in [-0.1, -0.05) is 12.1 Å². The van der Waals surface area contributed by atoms with E-state index in [2.05, 4.69) is 20.5 Å². The normalized spacial score (nSPS) is 13.9. The van der Waals surface area contributed by atoms with Crippen LogP contribution in [-0.4, -0.2) is 37.3 Å². The van der Waals surface area contributed by atoms with Gasteiger partial charge in [0, 0.05) is 18.5 Å². The summed E-state index contributed by atoms with van der Waals surface area (Å²) in [6.07, 6.45) is 2.94. The van der Waals surface area contributed by atoms with E-state index in [0.29, 0.717) is 5.56 Å². The van der Waals surface area contributed by atoms with Crippen LogP contribution >= 0.6 is 0 Å². The molecule has 3 aromatic rings. The first-order valence-corrected chi connectivity index (χ1v) is 9.08. The van der Waals surface area contributed by atoms with Crippen LogP contribution in [0.2, 0.25) is 0 Å². The van der Waals surface area contributed by atoms with Crippen molar-refractivity contribution in [1.82, 2.24) is 19.8 Å². The quantitative estimate of drug-likeness (QED) is 0.700. The first-order chi connectivity index (χ1) is 14.5. The largest absolute Gasteiger partial charge is 0.321 e. The van der Waals surface area contributed by atoms with Crippen LogP contribution in [-0.2, 0) is 16.1 Å². The Balaban J connectivity index is 1.47. The van der Waals surface area contributed by atoms with Gasteiger partial charge in [-0.3, -0.25) is 9.59 Å². The molecule has 1 aliphatic heterocycles. The van der Waals surface area contributed by atoms with Crippen LogP contribution in [0.4, 0.5) is 14.5 Å². The zero-order valence-corrected chi connectivity index (χ0v) is 15.6. The number of amides is 2. The molecular weight excluding hydrogens is 394 g/mol. The first-order valence-electron chi connectivity index (χ1n) is 9.08. The van der Waals surface area contributed by atoms with E-state index in [1.54, 1.807) is 12.1 Å². The highest BCUT2D eigenvalue weighted by Crippen LogP contribution is 2.19. The molecule has 1 aromatic heterocycles. The number of hydrogen-bond donors (Lipinski definition) is 1. The lowest BCUT2D eigenvalue weighted by Crippen LogP contribution is -2.36. The van der Waals surface area contributed by atoms with E-state index in [0.717, 1.165) is 0 Å². The number of nitrogens with zero attached hydrogens (tertiary/aromatic N) is 5. The van der Waals surface area contributed by atoms with E-state index >= 15 is 0 Å². The predicted octanol–water partition coefficient (Wildman–Crippen LogP) is 2.66. The minimum atomic E-state index is -0.586. The Hall–Kier alpha value is -3.95. The molecule has 0 saturated heterocycles. The Kier molecular flexibility index (Phi) is 5.29. The van der Waals surface area contributed by atoms with Crippen LogP contribution in [0.15, 0.2) is 60.2 Å². The Bertz CT molecular complexity index is 1110. The summed E-state index contributed by atoms with van der Waals surface area (Å²) in [6, 6.07) is 9.84. The molecule has 0 saturated carbocycles. The van der Waals surface area contributed by atoms with E-state index in [-0.39, 0.29) is 48.2 Å². The number of carbonyl (C=O) groups is 2. The number of aromatic nitrogens is 3. The molecule has 0 radical (unpaired) electrons. The summed E-state index contributed by atoms with van der Waals surface area (Å²) in [5, 5.41) is 11.8. The molecule has 2 amide bonds. The van der Waals surface area contributed by atoms with Gasteiger partial charge in [0.15, 0.2) is 5.82 Å². The van der Waals surface area contributed by atoms with Gasteiger partial charge in [0.25, 0.3) is 5.91 Å². The van der Waals surface area contributed by atoms with Crippen molar-refractivity contribution in [3.8, 4) is 5.69 Å². The molecule has 4 rings (SSSR count). The summed E-state index contributed by atoms with van der Waals surface area (Å²) in [4.78, 5) is 28.5. The van der Waals surface area contributed by atoms with E-state index < -0.39 is 11.7 Å². The van der Waals surface area contributed by atoms with Gasteiger partial charge < -0.3 is 5.32 Å². The predicted molar refractivity (Wildman–Crippen MR) is 104 cm³/mol. The molecule has 1 N–H and O–H groups in total. The number of benzene rings is 2. The maximum atomic E-state index is 14.3. The summed E-state index contributed by atoms with van der Waals surface area (Å²) >= 11 is 0. The highest BCUT2D eigenvalue weighted by Gasteiger charge is 2.25. The van der Waals surface area contributed by atoms with Crippen molar-refractivity contribution in [2.45, 2.75) is 19.4 Å². The highest BCUT2D eigenvalue weighted by atomic mass is 19.1. The first kappa shape index (κ1) is 19.4. The maximum Gasteiger partial charge on any atom is 0.271 e. The molecule has 0 aliphatic carbocycles. The summed E-state index contributed by atoms with van der Waals surface area (Å²) in [5.41, 5.74) is 1.26. The third-order valence-electron chi connectivity index (χ3n) is 4.48. The Labute approximate surface area is 169 Å². The van der Waals surface area contributed by atoms with E-state index in [1.165, 1.54) is 52.7 Å². The topological polar surface area (TPSA) is 92.5 Å². The molecule has 10 heteroatoms. The fourth-order valence-electron chi connectivity index (χ4n) is 2.96. The van der Waals surface area contributed by atoms with E-state index in [4.69, 9.17) is 0 Å². The molecular formula is C20H16F2N6O2.